The van der Waals surface area contributed by atoms with Crippen molar-refractivity contribution in [1.82, 2.24) is 4.57 Å². The van der Waals surface area contributed by atoms with Crippen molar-refractivity contribution < 1.29 is 0 Å². The summed E-state index contributed by atoms with van der Waals surface area (Å²) in [5, 5.41) is 10.2. The minimum Gasteiger partial charge on any atom is -0.310 e. The van der Waals surface area contributed by atoms with Crippen LogP contribution in [0.15, 0.2) is 206 Å². The Morgan fingerprint density at radius 2 is 0.929 bits per heavy atom. The van der Waals surface area contributed by atoms with Crippen molar-refractivity contribution in [1.29, 1.82) is 0 Å². The van der Waals surface area contributed by atoms with Gasteiger partial charge in [-0.15, -0.1) is 0 Å². The molecule has 0 bridgehead atoms. The van der Waals surface area contributed by atoms with Crippen molar-refractivity contribution in [2.24, 2.45) is 0 Å². The first-order valence-electron chi connectivity index (χ1n) is 19.3. The third-order valence-electron chi connectivity index (χ3n) is 11.9. The highest BCUT2D eigenvalue weighted by atomic mass is 15.1. The van der Waals surface area contributed by atoms with Crippen LogP contribution < -0.4 is 4.90 Å². The fraction of sp³-hybridized carbons (Fsp3) is 0. The van der Waals surface area contributed by atoms with Crippen molar-refractivity contribution in [3.05, 3.63) is 206 Å². The Labute approximate surface area is 324 Å². The van der Waals surface area contributed by atoms with Gasteiger partial charge in [0, 0.05) is 33.5 Å². The number of aromatic nitrogens is 1. The van der Waals surface area contributed by atoms with E-state index in [1.807, 2.05) is 0 Å². The second kappa shape index (κ2) is 12.0. The van der Waals surface area contributed by atoms with Gasteiger partial charge >= 0.3 is 0 Å². The Morgan fingerprint density at radius 1 is 0.304 bits per heavy atom. The van der Waals surface area contributed by atoms with Gasteiger partial charge in [-0.25, -0.2) is 0 Å². The van der Waals surface area contributed by atoms with Gasteiger partial charge in [-0.05, 0) is 126 Å². The molecule has 1 aliphatic carbocycles. The van der Waals surface area contributed by atoms with Crippen molar-refractivity contribution in [3.8, 4) is 39.1 Å². The molecular weight excluding hydrogens is 677 g/mol. The highest BCUT2D eigenvalue weighted by Crippen LogP contribution is 2.50. The van der Waals surface area contributed by atoms with Crippen LogP contribution in [0.3, 0.4) is 0 Å². The number of nitrogens with zero attached hydrogens (tertiary/aromatic N) is 2. The summed E-state index contributed by atoms with van der Waals surface area (Å²) in [5.41, 5.74) is 14.4. The number of hydrogen-bond donors (Lipinski definition) is 0. The first-order chi connectivity index (χ1) is 27.8. The van der Waals surface area contributed by atoms with E-state index in [-0.39, 0.29) is 0 Å². The maximum Gasteiger partial charge on any atom is 0.0561 e. The molecule has 0 unspecified atom stereocenters. The summed E-state index contributed by atoms with van der Waals surface area (Å²) in [7, 11) is 0. The molecule has 11 aromatic rings. The van der Waals surface area contributed by atoms with Gasteiger partial charge in [-0.1, -0.05) is 146 Å². The maximum atomic E-state index is 2.44. The van der Waals surface area contributed by atoms with E-state index in [0.717, 1.165) is 22.7 Å². The molecule has 1 heterocycles. The minimum absolute atomic E-state index is 1.10. The molecule has 0 N–H and O–H groups in total. The molecule has 0 aliphatic heterocycles. The lowest BCUT2D eigenvalue weighted by molar-refractivity contribution is 1.18. The largest absolute Gasteiger partial charge is 0.310 e. The van der Waals surface area contributed by atoms with Crippen LogP contribution in [-0.4, -0.2) is 4.57 Å². The fourth-order valence-corrected chi connectivity index (χ4v) is 9.33. The van der Waals surface area contributed by atoms with E-state index in [1.54, 1.807) is 0 Å². The number of para-hydroxylation sites is 2. The number of rotatable bonds is 5. The highest BCUT2D eigenvalue weighted by Gasteiger charge is 2.24. The van der Waals surface area contributed by atoms with Gasteiger partial charge in [-0.3, -0.25) is 0 Å². The monoisotopic (exact) mass is 710 g/mol. The molecule has 2 nitrogen and oxygen atoms in total. The molecule has 0 saturated carbocycles. The van der Waals surface area contributed by atoms with Crippen molar-refractivity contribution in [2.45, 2.75) is 0 Å². The molecule has 0 saturated heterocycles. The molecule has 12 rings (SSSR count). The van der Waals surface area contributed by atoms with Gasteiger partial charge in [0.2, 0.25) is 0 Å². The normalized spacial score (nSPS) is 11.9. The summed E-state index contributed by atoms with van der Waals surface area (Å²) in [6.07, 6.45) is 0. The Bertz CT molecular complexity index is 3370. The van der Waals surface area contributed by atoms with E-state index in [9.17, 15) is 0 Å². The number of fused-ring (bicyclic) bond motifs is 9. The Morgan fingerprint density at radius 3 is 1.80 bits per heavy atom. The van der Waals surface area contributed by atoms with Gasteiger partial charge in [0.05, 0.1) is 11.0 Å². The molecule has 1 aromatic heterocycles. The summed E-state index contributed by atoms with van der Waals surface area (Å²) >= 11 is 0. The van der Waals surface area contributed by atoms with Crippen molar-refractivity contribution in [3.63, 3.8) is 0 Å². The summed E-state index contributed by atoms with van der Waals surface area (Å²) in [6.45, 7) is 0. The quantitative estimate of drug-likeness (QED) is 0.161. The van der Waals surface area contributed by atoms with Crippen LogP contribution in [0.4, 0.5) is 17.1 Å². The summed E-state index contributed by atoms with van der Waals surface area (Å²) in [6, 6.07) is 75.9. The summed E-state index contributed by atoms with van der Waals surface area (Å²) in [5.74, 6) is 0. The zero-order chi connectivity index (χ0) is 36.7. The summed E-state index contributed by atoms with van der Waals surface area (Å²) in [4.78, 5) is 2.44. The standard InChI is InChI=1S/C54H34N2/c1-2-15-40(16-3-1)56-52-22-7-6-19-46(52)47-30-28-43(34-53(47)56)55(42-27-29-45-48-20-9-12-37-13-10-21-49(54(37)48)51(45)33-42)41-17-8-14-38(31-41)39-26-25-36-24-23-35-11-4-5-18-44(35)50(36)32-39/h1-34H. The molecule has 0 spiro atoms. The van der Waals surface area contributed by atoms with Gasteiger partial charge in [0.1, 0.15) is 0 Å². The van der Waals surface area contributed by atoms with Crippen LogP contribution >= 0.6 is 0 Å². The lowest BCUT2D eigenvalue weighted by Crippen LogP contribution is -2.10. The number of hydrogen-bond acceptors (Lipinski definition) is 1. The SMILES string of the molecule is c1ccc(-n2c3ccccc3c3ccc(N(c4cccc(-c5ccc6ccc7ccccc7c6c5)c4)c4ccc5c(c4)-c4cccc6cccc-5c46)cc32)cc1. The second-order valence-electron chi connectivity index (χ2n) is 14.9. The molecule has 0 amide bonds. The Balaban J connectivity index is 1.08. The molecule has 0 atom stereocenters. The van der Waals surface area contributed by atoms with E-state index >= 15 is 0 Å². The average Bonchev–Trinajstić information content (AvgIpc) is 3.77. The van der Waals surface area contributed by atoms with Gasteiger partial charge in [0.15, 0.2) is 0 Å². The van der Waals surface area contributed by atoms with Crippen LogP contribution in [0.5, 0.6) is 0 Å². The lowest BCUT2D eigenvalue weighted by Gasteiger charge is -2.27. The molecule has 56 heavy (non-hydrogen) atoms. The highest BCUT2D eigenvalue weighted by molar-refractivity contribution is 6.16. The number of benzene rings is 10. The molecule has 10 aromatic carbocycles. The average molecular weight is 711 g/mol. The first-order valence-corrected chi connectivity index (χ1v) is 19.3. The Kier molecular flexibility index (Phi) is 6.66. The zero-order valence-corrected chi connectivity index (χ0v) is 30.5. The molecule has 1 aliphatic rings. The molecule has 0 fully saturated rings. The molecule has 2 heteroatoms. The minimum atomic E-state index is 1.10. The Hall–Kier alpha value is -7.42. The van der Waals surface area contributed by atoms with Crippen LogP contribution in [0.25, 0.3) is 93.2 Å². The van der Waals surface area contributed by atoms with E-state index in [4.69, 9.17) is 0 Å². The van der Waals surface area contributed by atoms with Gasteiger partial charge in [0.25, 0.3) is 0 Å². The van der Waals surface area contributed by atoms with Crippen LogP contribution in [0.1, 0.15) is 0 Å². The first kappa shape index (κ1) is 31.0. The molecular formula is C54H34N2. The summed E-state index contributed by atoms with van der Waals surface area (Å²) < 4.78 is 2.40. The fourth-order valence-electron chi connectivity index (χ4n) is 9.33. The zero-order valence-electron chi connectivity index (χ0n) is 30.5. The third kappa shape index (κ3) is 4.63. The predicted molar refractivity (Wildman–Crippen MR) is 238 cm³/mol. The third-order valence-corrected chi connectivity index (χ3v) is 11.9. The van der Waals surface area contributed by atoms with Crippen molar-refractivity contribution in [2.75, 3.05) is 4.90 Å². The predicted octanol–water partition coefficient (Wildman–Crippen LogP) is 15.0. The smallest absolute Gasteiger partial charge is 0.0561 e. The number of anilines is 3. The second-order valence-corrected chi connectivity index (χ2v) is 14.9. The maximum absolute atomic E-state index is 2.44. The van der Waals surface area contributed by atoms with E-state index in [2.05, 4.69) is 216 Å². The van der Waals surface area contributed by atoms with Crippen LogP contribution in [0, 0.1) is 0 Å². The molecule has 260 valence electrons. The molecule has 0 radical (unpaired) electrons. The topological polar surface area (TPSA) is 8.17 Å². The van der Waals surface area contributed by atoms with Gasteiger partial charge in [-0.2, -0.15) is 0 Å². The van der Waals surface area contributed by atoms with Crippen LogP contribution in [0.2, 0.25) is 0 Å². The lowest BCUT2D eigenvalue weighted by atomic mass is 9.96. The van der Waals surface area contributed by atoms with Crippen LogP contribution in [-0.2, 0) is 0 Å². The van der Waals surface area contributed by atoms with E-state index in [0.29, 0.717) is 0 Å². The van der Waals surface area contributed by atoms with Crippen molar-refractivity contribution >= 4 is 71.2 Å². The van der Waals surface area contributed by atoms with E-state index in [1.165, 1.54) is 87.5 Å². The van der Waals surface area contributed by atoms with E-state index < -0.39 is 0 Å². The van der Waals surface area contributed by atoms with Gasteiger partial charge < -0.3 is 9.47 Å².